The maximum Gasteiger partial charge on any atom is 0.256 e. The van der Waals surface area contributed by atoms with E-state index in [1.165, 1.54) is 22.2 Å². The molecule has 1 heterocycles. The van der Waals surface area contributed by atoms with Crippen molar-refractivity contribution in [2.24, 2.45) is 0 Å². The largest absolute Gasteiger partial charge is 0.395 e. The van der Waals surface area contributed by atoms with Gasteiger partial charge in [0.1, 0.15) is 5.03 Å². The Morgan fingerprint density at radius 1 is 1.32 bits per heavy atom. The molecule has 1 aromatic carbocycles. The quantitative estimate of drug-likeness (QED) is 0.921. The number of carbonyl (C=O) groups excluding carboxylic acids is 1. The number of amides is 1. The van der Waals surface area contributed by atoms with Crippen molar-refractivity contribution >= 4 is 17.7 Å². The van der Waals surface area contributed by atoms with Crippen LogP contribution in [0.3, 0.4) is 0 Å². The van der Waals surface area contributed by atoms with Gasteiger partial charge in [0.05, 0.1) is 12.2 Å². The van der Waals surface area contributed by atoms with Crippen LogP contribution in [-0.4, -0.2) is 41.1 Å². The summed E-state index contributed by atoms with van der Waals surface area (Å²) in [5, 5.41) is 9.67. The van der Waals surface area contributed by atoms with Gasteiger partial charge in [-0.1, -0.05) is 29.5 Å². The monoisotopic (exact) mass is 316 g/mol. The van der Waals surface area contributed by atoms with Crippen LogP contribution in [-0.2, 0) is 0 Å². The Labute approximate surface area is 135 Å². The van der Waals surface area contributed by atoms with Gasteiger partial charge in [0.25, 0.3) is 5.91 Å². The highest BCUT2D eigenvalue weighted by Crippen LogP contribution is 2.31. The van der Waals surface area contributed by atoms with E-state index < -0.39 is 0 Å². The van der Waals surface area contributed by atoms with Crippen LogP contribution in [0.1, 0.15) is 21.5 Å². The van der Waals surface area contributed by atoms with Gasteiger partial charge >= 0.3 is 0 Å². The van der Waals surface area contributed by atoms with E-state index in [0.29, 0.717) is 17.1 Å². The van der Waals surface area contributed by atoms with E-state index in [1.54, 1.807) is 25.4 Å². The SMILES string of the molecule is Cc1ccc(Sc2ncccc2C(=O)N(C)CCO)c(C)c1. The topological polar surface area (TPSA) is 53.4 Å². The summed E-state index contributed by atoms with van der Waals surface area (Å²) in [7, 11) is 1.68. The van der Waals surface area contributed by atoms with Gasteiger partial charge in [0.2, 0.25) is 0 Å². The van der Waals surface area contributed by atoms with Gasteiger partial charge in [-0.3, -0.25) is 4.79 Å². The molecule has 2 rings (SSSR count). The van der Waals surface area contributed by atoms with Crippen molar-refractivity contribution in [1.29, 1.82) is 0 Å². The maximum absolute atomic E-state index is 12.4. The van der Waals surface area contributed by atoms with Gasteiger partial charge in [-0.2, -0.15) is 0 Å². The highest BCUT2D eigenvalue weighted by molar-refractivity contribution is 7.99. The number of benzene rings is 1. The second-order valence-electron chi connectivity index (χ2n) is 5.18. The molecule has 0 bridgehead atoms. The fourth-order valence-electron chi connectivity index (χ4n) is 2.11. The van der Waals surface area contributed by atoms with E-state index in [4.69, 9.17) is 5.11 Å². The lowest BCUT2D eigenvalue weighted by atomic mass is 10.2. The van der Waals surface area contributed by atoms with E-state index in [-0.39, 0.29) is 12.5 Å². The Bertz CT molecular complexity index is 673. The number of aliphatic hydroxyl groups is 1. The number of hydrogen-bond acceptors (Lipinski definition) is 4. The summed E-state index contributed by atoms with van der Waals surface area (Å²) in [4.78, 5) is 19.4. The molecular weight excluding hydrogens is 296 g/mol. The van der Waals surface area contributed by atoms with Crippen molar-refractivity contribution in [1.82, 2.24) is 9.88 Å². The third-order valence-corrected chi connectivity index (χ3v) is 4.52. The summed E-state index contributed by atoms with van der Waals surface area (Å²) in [5.74, 6) is -0.130. The van der Waals surface area contributed by atoms with Crippen LogP contribution >= 0.6 is 11.8 Å². The number of likely N-dealkylation sites (N-methyl/N-ethyl adjacent to an activating group) is 1. The zero-order valence-electron chi connectivity index (χ0n) is 13.0. The lowest BCUT2D eigenvalue weighted by Gasteiger charge is -2.17. The van der Waals surface area contributed by atoms with Gasteiger partial charge in [-0.05, 0) is 37.6 Å². The van der Waals surface area contributed by atoms with Gasteiger partial charge in [-0.25, -0.2) is 4.98 Å². The molecule has 2 aromatic rings. The zero-order chi connectivity index (χ0) is 16.1. The summed E-state index contributed by atoms with van der Waals surface area (Å²) in [6, 6.07) is 9.75. The zero-order valence-corrected chi connectivity index (χ0v) is 13.9. The van der Waals surface area contributed by atoms with Crippen LogP contribution in [0.4, 0.5) is 0 Å². The third kappa shape index (κ3) is 3.87. The molecule has 0 aliphatic heterocycles. The number of aromatic nitrogens is 1. The van der Waals surface area contributed by atoms with Crippen molar-refractivity contribution in [3.8, 4) is 0 Å². The lowest BCUT2D eigenvalue weighted by molar-refractivity contribution is 0.0762. The van der Waals surface area contributed by atoms with E-state index in [2.05, 4.69) is 37.0 Å². The lowest BCUT2D eigenvalue weighted by Crippen LogP contribution is -2.30. The van der Waals surface area contributed by atoms with Crippen LogP contribution in [0.15, 0.2) is 46.5 Å². The fraction of sp³-hybridized carbons (Fsp3) is 0.294. The van der Waals surface area contributed by atoms with E-state index >= 15 is 0 Å². The maximum atomic E-state index is 12.4. The predicted octanol–water partition coefficient (Wildman–Crippen LogP) is 2.91. The van der Waals surface area contributed by atoms with Gasteiger partial charge in [0, 0.05) is 24.7 Å². The first-order valence-corrected chi connectivity index (χ1v) is 7.91. The molecular formula is C17H20N2O2S. The van der Waals surface area contributed by atoms with Crippen molar-refractivity contribution in [3.63, 3.8) is 0 Å². The smallest absolute Gasteiger partial charge is 0.256 e. The molecule has 116 valence electrons. The Morgan fingerprint density at radius 3 is 2.77 bits per heavy atom. The first kappa shape index (κ1) is 16.5. The average Bonchev–Trinajstić information content (AvgIpc) is 2.50. The van der Waals surface area contributed by atoms with Gasteiger partial charge < -0.3 is 10.0 Å². The van der Waals surface area contributed by atoms with E-state index in [1.807, 2.05) is 0 Å². The molecule has 1 N–H and O–H groups in total. The van der Waals surface area contributed by atoms with E-state index in [9.17, 15) is 4.79 Å². The van der Waals surface area contributed by atoms with Crippen LogP contribution in [0.25, 0.3) is 0 Å². The molecule has 1 amide bonds. The van der Waals surface area contributed by atoms with Crippen LogP contribution < -0.4 is 0 Å². The second kappa shape index (κ2) is 7.42. The van der Waals surface area contributed by atoms with Gasteiger partial charge in [-0.15, -0.1) is 0 Å². The second-order valence-corrected chi connectivity index (χ2v) is 6.21. The number of pyridine rings is 1. The molecule has 0 aliphatic carbocycles. The number of aliphatic hydroxyl groups excluding tert-OH is 1. The van der Waals surface area contributed by atoms with Crippen LogP contribution in [0.2, 0.25) is 0 Å². The summed E-state index contributed by atoms with van der Waals surface area (Å²) in [6.45, 7) is 4.36. The van der Waals surface area contributed by atoms with Crippen molar-refractivity contribution in [2.45, 2.75) is 23.8 Å². The number of rotatable bonds is 5. The Kier molecular flexibility index (Phi) is 5.57. The molecule has 0 unspecified atom stereocenters. The number of aryl methyl sites for hydroxylation is 2. The molecule has 22 heavy (non-hydrogen) atoms. The molecule has 1 aromatic heterocycles. The minimum Gasteiger partial charge on any atom is -0.395 e. The minimum absolute atomic E-state index is 0.0535. The highest BCUT2D eigenvalue weighted by atomic mass is 32.2. The summed E-state index contributed by atoms with van der Waals surface area (Å²) >= 11 is 1.49. The number of nitrogens with zero attached hydrogens (tertiary/aromatic N) is 2. The molecule has 5 heteroatoms. The van der Waals surface area contributed by atoms with Crippen LogP contribution in [0.5, 0.6) is 0 Å². The van der Waals surface area contributed by atoms with E-state index in [0.717, 1.165) is 10.5 Å². The highest BCUT2D eigenvalue weighted by Gasteiger charge is 2.17. The van der Waals surface area contributed by atoms with Crippen molar-refractivity contribution in [2.75, 3.05) is 20.2 Å². The summed E-state index contributed by atoms with van der Waals surface area (Å²) < 4.78 is 0. The van der Waals surface area contributed by atoms with Crippen molar-refractivity contribution < 1.29 is 9.90 Å². The average molecular weight is 316 g/mol. The van der Waals surface area contributed by atoms with Crippen LogP contribution in [0, 0.1) is 13.8 Å². The Hall–Kier alpha value is -1.85. The molecule has 0 saturated heterocycles. The van der Waals surface area contributed by atoms with Crippen molar-refractivity contribution in [3.05, 3.63) is 53.2 Å². The number of hydrogen-bond donors (Lipinski definition) is 1. The minimum atomic E-state index is -0.130. The molecule has 4 nitrogen and oxygen atoms in total. The Balaban J connectivity index is 2.30. The van der Waals surface area contributed by atoms with Gasteiger partial charge in [0.15, 0.2) is 0 Å². The summed E-state index contributed by atoms with van der Waals surface area (Å²) in [5.41, 5.74) is 2.93. The predicted molar refractivity (Wildman–Crippen MR) is 88.3 cm³/mol. The fourth-order valence-corrected chi connectivity index (χ4v) is 3.05. The standard InChI is InChI=1S/C17H20N2O2S/c1-12-6-7-15(13(2)11-12)22-16-14(5-4-8-18-16)17(21)19(3)9-10-20/h4-8,11,20H,9-10H2,1-3H3. The molecule has 0 atom stereocenters. The third-order valence-electron chi connectivity index (χ3n) is 3.32. The first-order chi connectivity index (χ1) is 10.5. The first-order valence-electron chi connectivity index (χ1n) is 7.09. The number of carbonyl (C=O) groups is 1. The molecule has 0 aliphatic rings. The molecule has 0 radical (unpaired) electrons. The molecule has 0 spiro atoms. The normalized spacial score (nSPS) is 10.5. The Morgan fingerprint density at radius 2 is 2.09 bits per heavy atom. The molecule has 0 fully saturated rings. The molecule has 0 saturated carbocycles. The summed E-state index contributed by atoms with van der Waals surface area (Å²) in [6.07, 6.45) is 1.69.